The zero-order chi connectivity index (χ0) is 21.5. The minimum atomic E-state index is -3.50. The van der Waals surface area contributed by atoms with Gasteiger partial charge in [0.05, 0.1) is 10.6 Å². The zero-order valence-electron chi connectivity index (χ0n) is 17.8. The van der Waals surface area contributed by atoms with E-state index in [1.54, 1.807) is 15.6 Å². The van der Waals surface area contributed by atoms with Crippen LogP contribution in [0.2, 0.25) is 0 Å². The van der Waals surface area contributed by atoms with Crippen molar-refractivity contribution in [3.8, 4) is 11.3 Å². The van der Waals surface area contributed by atoms with Crippen molar-refractivity contribution in [3.05, 3.63) is 64.0 Å². The summed E-state index contributed by atoms with van der Waals surface area (Å²) in [5, 5.41) is 3.03. The van der Waals surface area contributed by atoms with E-state index in [1.165, 1.54) is 5.56 Å². The largest absolute Gasteiger partial charge is 0.345 e. The highest BCUT2D eigenvalue weighted by Crippen LogP contribution is 2.30. The maximum atomic E-state index is 13.3. The first-order valence-corrected chi connectivity index (χ1v) is 12.4. The molecule has 30 heavy (non-hydrogen) atoms. The number of hydrogen-bond acceptors (Lipinski definition) is 5. The number of thiazole rings is 1. The smallest absolute Gasteiger partial charge is 0.243 e. The predicted molar refractivity (Wildman–Crippen MR) is 124 cm³/mol. The first-order valence-electron chi connectivity index (χ1n) is 10.1. The molecule has 2 heterocycles. The van der Waals surface area contributed by atoms with E-state index in [0.29, 0.717) is 31.1 Å². The van der Waals surface area contributed by atoms with E-state index in [4.69, 9.17) is 4.98 Å². The van der Waals surface area contributed by atoms with E-state index >= 15 is 0 Å². The lowest BCUT2D eigenvalue weighted by molar-refractivity contribution is 0.384. The van der Waals surface area contributed by atoms with Gasteiger partial charge < -0.3 is 4.90 Å². The van der Waals surface area contributed by atoms with E-state index in [9.17, 15) is 8.42 Å². The molecule has 1 saturated heterocycles. The van der Waals surface area contributed by atoms with Gasteiger partial charge in [-0.3, -0.25) is 0 Å². The van der Waals surface area contributed by atoms with E-state index in [1.807, 2.05) is 39.0 Å². The molecule has 1 aromatic heterocycles. The third-order valence-electron chi connectivity index (χ3n) is 5.52. The molecular formula is C23H27N3O2S2. The number of anilines is 1. The number of hydrogen-bond donors (Lipinski definition) is 0. The van der Waals surface area contributed by atoms with E-state index < -0.39 is 10.0 Å². The van der Waals surface area contributed by atoms with Gasteiger partial charge in [-0.05, 0) is 44.9 Å². The van der Waals surface area contributed by atoms with Gasteiger partial charge in [0.1, 0.15) is 0 Å². The molecule has 0 bridgehead atoms. The highest BCUT2D eigenvalue weighted by molar-refractivity contribution is 7.89. The topological polar surface area (TPSA) is 53.5 Å². The van der Waals surface area contributed by atoms with Crippen LogP contribution in [0.4, 0.5) is 5.13 Å². The molecule has 4 rings (SSSR count). The van der Waals surface area contributed by atoms with Crippen molar-refractivity contribution < 1.29 is 8.42 Å². The van der Waals surface area contributed by atoms with E-state index in [0.717, 1.165) is 33.1 Å². The Kier molecular flexibility index (Phi) is 5.70. The zero-order valence-corrected chi connectivity index (χ0v) is 19.5. The molecule has 0 radical (unpaired) electrons. The quantitative estimate of drug-likeness (QED) is 0.596. The Morgan fingerprint density at radius 3 is 2.20 bits per heavy atom. The molecule has 0 N–H and O–H groups in total. The molecular weight excluding hydrogens is 414 g/mol. The third-order valence-corrected chi connectivity index (χ3v) is 8.62. The van der Waals surface area contributed by atoms with Gasteiger partial charge in [0.15, 0.2) is 5.13 Å². The number of rotatable bonds is 4. The first-order chi connectivity index (χ1) is 14.3. The normalized spacial score (nSPS) is 15.5. The molecule has 5 nitrogen and oxygen atoms in total. The van der Waals surface area contributed by atoms with E-state index in [-0.39, 0.29) is 0 Å². The fraction of sp³-hybridized carbons (Fsp3) is 0.348. The molecule has 1 aliphatic heterocycles. The average Bonchev–Trinajstić information content (AvgIpc) is 3.17. The number of benzene rings is 2. The van der Waals surface area contributed by atoms with Gasteiger partial charge in [-0.25, -0.2) is 13.4 Å². The Morgan fingerprint density at radius 1 is 0.900 bits per heavy atom. The maximum absolute atomic E-state index is 13.3. The van der Waals surface area contributed by atoms with Gasteiger partial charge in [0.25, 0.3) is 0 Å². The second kappa shape index (κ2) is 8.13. The summed E-state index contributed by atoms with van der Waals surface area (Å²) in [6, 6.07) is 12.2. The molecule has 7 heteroatoms. The monoisotopic (exact) mass is 441 g/mol. The SMILES string of the molecule is Cc1cccc(-c2csc(N3CCN(S(=O)(=O)c4c(C)cc(C)cc4C)CC3)n2)c1. The first kappa shape index (κ1) is 21.0. The van der Waals surface area contributed by atoms with Crippen molar-refractivity contribution in [2.24, 2.45) is 0 Å². The second-order valence-corrected chi connectivity index (χ2v) is 10.7. The molecule has 3 aromatic rings. The van der Waals surface area contributed by atoms with E-state index in [2.05, 4.69) is 35.4 Å². The van der Waals surface area contributed by atoms with Crippen molar-refractivity contribution >= 4 is 26.5 Å². The van der Waals surface area contributed by atoms with Crippen LogP contribution in [-0.4, -0.2) is 43.9 Å². The number of aryl methyl sites for hydroxylation is 4. The minimum Gasteiger partial charge on any atom is -0.345 e. The standard InChI is InChI=1S/C23H27N3O2S2/c1-16-6-5-7-20(14-16)21-15-29-23(24-21)25-8-10-26(11-9-25)30(27,28)22-18(3)12-17(2)13-19(22)4/h5-7,12-15H,8-11H2,1-4H3. The van der Waals surface area contributed by atoms with Crippen LogP contribution in [-0.2, 0) is 10.0 Å². The summed E-state index contributed by atoms with van der Waals surface area (Å²) in [5.74, 6) is 0. The highest BCUT2D eigenvalue weighted by atomic mass is 32.2. The Bertz CT molecular complexity index is 1150. The molecule has 1 aliphatic rings. The molecule has 0 atom stereocenters. The summed E-state index contributed by atoms with van der Waals surface area (Å²) in [4.78, 5) is 7.45. The minimum absolute atomic E-state index is 0.456. The van der Waals surface area contributed by atoms with Crippen LogP contribution in [0, 0.1) is 27.7 Å². The molecule has 0 spiro atoms. The molecule has 158 valence electrons. The van der Waals surface area contributed by atoms with Crippen LogP contribution in [0.15, 0.2) is 46.7 Å². The Labute approximate surface area is 183 Å². The lowest BCUT2D eigenvalue weighted by atomic mass is 10.1. The fourth-order valence-electron chi connectivity index (χ4n) is 4.17. The Morgan fingerprint density at radius 2 is 1.57 bits per heavy atom. The van der Waals surface area contributed by atoms with Crippen molar-refractivity contribution in [3.63, 3.8) is 0 Å². The number of piperazine rings is 1. The maximum Gasteiger partial charge on any atom is 0.243 e. The van der Waals surface area contributed by atoms with Gasteiger partial charge in [-0.15, -0.1) is 11.3 Å². The highest BCUT2D eigenvalue weighted by Gasteiger charge is 2.31. The van der Waals surface area contributed by atoms with Crippen molar-refractivity contribution in [1.29, 1.82) is 0 Å². The van der Waals surface area contributed by atoms with Crippen LogP contribution >= 0.6 is 11.3 Å². The van der Waals surface area contributed by atoms with Crippen LogP contribution in [0.3, 0.4) is 0 Å². The lowest BCUT2D eigenvalue weighted by Gasteiger charge is -2.34. The summed E-state index contributed by atoms with van der Waals surface area (Å²) < 4.78 is 28.2. The van der Waals surface area contributed by atoms with Crippen LogP contribution in [0.1, 0.15) is 22.3 Å². The van der Waals surface area contributed by atoms with Crippen molar-refractivity contribution in [1.82, 2.24) is 9.29 Å². The molecule has 2 aromatic carbocycles. The Hall–Kier alpha value is -2.22. The third kappa shape index (κ3) is 4.02. The van der Waals surface area contributed by atoms with Crippen LogP contribution in [0.5, 0.6) is 0 Å². The molecule has 0 unspecified atom stereocenters. The summed E-state index contributed by atoms with van der Waals surface area (Å²) in [7, 11) is -3.50. The van der Waals surface area contributed by atoms with Crippen LogP contribution < -0.4 is 4.90 Å². The molecule has 0 saturated carbocycles. The summed E-state index contributed by atoms with van der Waals surface area (Å²) >= 11 is 1.62. The predicted octanol–water partition coefficient (Wildman–Crippen LogP) is 4.55. The lowest BCUT2D eigenvalue weighted by Crippen LogP contribution is -2.48. The molecule has 0 aliphatic carbocycles. The molecule has 1 fully saturated rings. The fourth-order valence-corrected chi connectivity index (χ4v) is 6.89. The van der Waals surface area contributed by atoms with Gasteiger partial charge in [-0.2, -0.15) is 4.31 Å². The van der Waals surface area contributed by atoms with Gasteiger partial charge in [-0.1, -0.05) is 41.5 Å². The van der Waals surface area contributed by atoms with Gasteiger partial charge in [0.2, 0.25) is 10.0 Å². The summed E-state index contributed by atoms with van der Waals surface area (Å²) in [6.07, 6.45) is 0. The number of nitrogens with zero attached hydrogens (tertiary/aromatic N) is 3. The summed E-state index contributed by atoms with van der Waals surface area (Å²) in [6.45, 7) is 10.1. The van der Waals surface area contributed by atoms with Gasteiger partial charge in [0, 0.05) is 37.1 Å². The van der Waals surface area contributed by atoms with Crippen LogP contribution in [0.25, 0.3) is 11.3 Å². The Balaban J connectivity index is 1.49. The number of sulfonamides is 1. The van der Waals surface area contributed by atoms with Gasteiger partial charge >= 0.3 is 0 Å². The van der Waals surface area contributed by atoms with Crippen molar-refractivity contribution in [2.45, 2.75) is 32.6 Å². The second-order valence-electron chi connectivity index (χ2n) is 8.00. The molecule has 0 amide bonds. The average molecular weight is 442 g/mol. The van der Waals surface area contributed by atoms with Crippen molar-refractivity contribution in [2.75, 3.05) is 31.1 Å². The number of aromatic nitrogens is 1. The summed E-state index contributed by atoms with van der Waals surface area (Å²) in [5.41, 5.74) is 6.02.